The first-order valence-corrected chi connectivity index (χ1v) is 7.66. The minimum Gasteiger partial charge on any atom is -0.326 e. The van der Waals surface area contributed by atoms with E-state index >= 15 is 0 Å². The van der Waals surface area contributed by atoms with Gasteiger partial charge in [0.15, 0.2) is 0 Å². The molecule has 2 unspecified atom stereocenters. The van der Waals surface area contributed by atoms with Gasteiger partial charge in [0.2, 0.25) is 5.91 Å². The van der Waals surface area contributed by atoms with E-state index in [1.807, 2.05) is 0 Å². The van der Waals surface area contributed by atoms with E-state index in [1.54, 1.807) is 0 Å². The molecule has 1 aliphatic heterocycles. The van der Waals surface area contributed by atoms with Crippen molar-refractivity contribution in [3.8, 4) is 0 Å². The fourth-order valence-electron chi connectivity index (χ4n) is 2.70. The van der Waals surface area contributed by atoms with Crippen molar-refractivity contribution in [2.45, 2.75) is 78.4 Å². The Labute approximate surface area is 112 Å². The van der Waals surface area contributed by atoms with E-state index in [9.17, 15) is 4.79 Å². The Morgan fingerprint density at radius 3 is 2.50 bits per heavy atom. The Bertz CT molecular complexity index is 253. The lowest BCUT2D eigenvalue weighted by Crippen LogP contribution is -2.37. The van der Waals surface area contributed by atoms with Gasteiger partial charge in [0.25, 0.3) is 0 Å². The average Bonchev–Trinajstić information content (AvgIpc) is 2.58. The topological polar surface area (TPSA) is 32.3 Å². The third-order valence-electron chi connectivity index (χ3n) is 3.62. The molecule has 0 aliphatic carbocycles. The van der Waals surface area contributed by atoms with E-state index in [4.69, 9.17) is 0 Å². The summed E-state index contributed by atoms with van der Waals surface area (Å²) < 4.78 is 0. The Morgan fingerprint density at radius 1 is 1.22 bits per heavy atom. The first-order valence-electron chi connectivity index (χ1n) is 7.66. The van der Waals surface area contributed by atoms with Crippen molar-refractivity contribution in [1.82, 2.24) is 10.2 Å². The minimum atomic E-state index is 0.0585. The summed E-state index contributed by atoms with van der Waals surface area (Å²) in [5.41, 5.74) is 0. The lowest BCUT2D eigenvalue weighted by molar-refractivity contribution is -0.130. The van der Waals surface area contributed by atoms with Crippen LogP contribution in [0.3, 0.4) is 0 Å². The van der Waals surface area contributed by atoms with Crippen LogP contribution in [0.25, 0.3) is 0 Å². The second-order valence-corrected chi connectivity index (χ2v) is 5.89. The van der Waals surface area contributed by atoms with Gasteiger partial charge in [0, 0.05) is 6.54 Å². The van der Waals surface area contributed by atoms with Crippen LogP contribution in [0.1, 0.15) is 66.2 Å². The van der Waals surface area contributed by atoms with Crippen molar-refractivity contribution in [3.05, 3.63) is 0 Å². The molecule has 0 saturated carbocycles. The Balaban J connectivity index is 2.56. The highest BCUT2D eigenvalue weighted by Crippen LogP contribution is 2.20. The van der Waals surface area contributed by atoms with Crippen LogP contribution in [0.4, 0.5) is 0 Å². The van der Waals surface area contributed by atoms with Crippen LogP contribution in [0, 0.1) is 5.92 Å². The van der Waals surface area contributed by atoms with Gasteiger partial charge in [0.1, 0.15) is 0 Å². The summed E-state index contributed by atoms with van der Waals surface area (Å²) in [6.45, 7) is 9.69. The van der Waals surface area contributed by atoms with E-state index in [0.29, 0.717) is 11.8 Å². The lowest BCUT2D eigenvalue weighted by Gasteiger charge is -2.23. The molecule has 1 aliphatic rings. The molecule has 2 atom stereocenters. The highest BCUT2D eigenvalue weighted by molar-refractivity contribution is 5.84. The molecule has 0 radical (unpaired) electrons. The molecule has 1 fully saturated rings. The predicted octanol–water partition coefficient (Wildman–Crippen LogP) is 3.15. The highest BCUT2D eigenvalue weighted by atomic mass is 16.2. The van der Waals surface area contributed by atoms with Gasteiger partial charge in [-0.25, -0.2) is 0 Å². The third kappa shape index (κ3) is 4.27. The van der Waals surface area contributed by atoms with Gasteiger partial charge < -0.3 is 4.90 Å². The molecule has 1 rings (SSSR count). The van der Waals surface area contributed by atoms with Gasteiger partial charge in [-0.15, -0.1) is 0 Å². The van der Waals surface area contributed by atoms with Crippen molar-refractivity contribution in [3.63, 3.8) is 0 Å². The molecule has 1 saturated heterocycles. The number of hydrogen-bond acceptors (Lipinski definition) is 2. The zero-order valence-electron chi connectivity index (χ0n) is 12.5. The van der Waals surface area contributed by atoms with Crippen molar-refractivity contribution >= 4 is 5.91 Å². The molecular weight excluding hydrogens is 224 g/mol. The zero-order chi connectivity index (χ0) is 13.5. The quantitative estimate of drug-likeness (QED) is 0.675. The molecule has 0 aromatic rings. The summed E-state index contributed by atoms with van der Waals surface area (Å²) in [4.78, 5) is 14.5. The van der Waals surface area contributed by atoms with Gasteiger partial charge in [-0.1, -0.05) is 47.0 Å². The molecule has 0 bridgehead atoms. The first kappa shape index (κ1) is 15.5. The smallest absolute Gasteiger partial charge is 0.241 e. The van der Waals surface area contributed by atoms with Gasteiger partial charge in [-0.05, 0) is 25.2 Å². The third-order valence-corrected chi connectivity index (χ3v) is 3.62. The minimum absolute atomic E-state index is 0.0585. The van der Waals surface area contributed by atoms with E-state index in [2.05, 4.69) is 37.9 Å². The number of rotatable bonds is 8. The monoisotopic (exact) mass is 254 g/mol. The standard InChI is InChI=1S/C15H30N2O/c1-5-7-8-10-17-14(9-6-2)16-13(15(17)18)11-12(3)4/h12-14,16H,5-11H2,1-4H3. The summed E-state index contributed by atoms with van der Waals surface area (Å²) in [5.74, 6) is 0.905. The summed E-state index contributed by atoms with van der Waals surface area (Å²) in [5, 5.41) is 3.53. The second-order valence-electron chi connectivity index (χ2n) is 5.89. The molecule has 1 amide bonds. The van der Waals surface area contributed by atoms with E-state index in [-0.39, 0.29) is 12.2 Å². The average molecular weight is 254 g/mol. The fourth-order valence-corrected chi connectivity index (χ4v) is 2.70. The van der Waals surface area contributed by atoms with Crippen LogP contribution in [0.2, 0.25) is 0 Å². The van der Waals surface area contributed by atoms with E-state index in [1.165, 1.54) is 12.8 Å². The van der Waals surface area contributed by atoms with Crippen LogP contribution >= 0.6 is 0 Å². The summed E-state index contributed by atoms with van der Waals surface area (Å²) >= 11 is 0. The molecule has 106 valence electrons. The number of carbonyl (C=O) groups is 1. The molecular formula is C15H30N2O. The number of hydrogen-bond donors (Lipinski definition) is 1. The van der Waals surface area contributed by atoms with Crippen molar-refractivity contribution in [2.75, 3.05) is 6.54 Å². The summed E-state index contributed by atoms with van der Waals surface area (Å²) in [7, 11) is 0. The maximum Gasteiger partial charge on any atom is 0.241 e. The Hall–Kier alpha value is -0.570. The Morgan fingerprint density at radius 2 is 1.94 bits per heavy atom. The van der Waals surface area contributed by atoms with Crippen molar-refractivity contribution in [2.24, 2.45) is 5.92 Å². The van der Waals surface area contributed by atoms with Crippen LogP contribution in [-0.4, -0.2) is 29.6 Å². The van der Waals surface area contributed by atoms with E-state index < -0.39 is 0 Å². The maximum absolute atomic E-state index is 12.4. The molecule has 1 N–H and O–H groups in total. The van der Waals surface area contributed by atoms with Crippen molar-refractivity contribution < 1.29 is 4.79 Å². The van der Waals surface area contributed by atoms with Gasteiger partial charge in [0.05, 0.1) is 12.2 Å². The fraction of sp³-hybridized carbons (Fsp3) is 0.933. The van der Waals surface area contributed by atoms with Gasteiger partial charge in [-0.3, -0.25) is 10.1 Å². The largest absolute Gasteiger partial charge is 0.326 e. The predicted molar refractivity (Wildman–Crippen MR) is 76.3 cm³/mol. The van der Waals surface area contributed by atoms with Gasteiger partial charge >= 0.3 is 0 Å². The SMILES string of the molecule is CCCCCN1C(=O)C(CC(C)C)NC1CCC. The number of amides is 1. The molecule has 3 nitrogen and oxygen atoms in total. The van der Waals surface area contributed by atoms with Crippen LogP contribution in [0.15, 0.2) is 0 Å². The van der Waals surface area contributed by atoms with Crippen molar-refractivity contribution in [1.29, 1.82) is 0 Å². The highest BCUT2D eigenvalue weighted by Gasteiger charge is 2.37. The number of carbonyl (C=O) groups excluding carboxylic acids is 1. The van der Waals surface area contributed by atoms with E-state index in [0.717, 1.165) is 32.2 Å². The zero-order valence-corrected chi connectivity index (χ0v) is 12.5. The normalized spacial score (nSPS) is 24.3. The summed E-state index contributed by atoms with van der Waals surface area (Å²) in [6, 6.07) is 0.0585. The molecule has 0 aromatic carbocycles. The maximum atomic E-state index is 12.4. The van der Waals surface area contributed by atoms with Gasteiger partial charge in [-0.2, -0.15) is 0 Å². The van der Waals surface area contributed by atoms with Crippen LogP contribution < -0.4 is 5.32 Å². The molecule has 1 heterocycles. The van der Waals surface area contributed by atoms with Crippen LogP contribution in [0.5, 0.6) is 0 Å². The molecule has 0 aromatic heterocycles. The molecule has 3 heteroatoms. The summed E-state index contributed by atoms with van der Waals surface area (Å²) in [6.07, 6.45) is 7.02. The lowest BCUT2D eigenvalue weighted by atomic mass is 10.0. The van der Waals surface area contributed by atoms with Crippen LogP contribution in [-0.2, 0) is 4.79 Å². The number of unbranched alkanes of at least 4 members (excludes halogenated alkanes) is 2. The first-order chi connectivity index (χ1) is 8.60. The molecule has 18 heavy (non-hydrogen) atoms. The Kier molecular flexibility index (Phi) is 6.69. The second kappa shape index (κ2) is 7.78. The number of nitrogens with one attached hydrogen (secondary N) is 1. The molecule has 0 spiro atoms. The number of nitrogens with zero attached hydrogens (tertiary/aromatic N) is 1.